The molecule has 112 valence electrons. The van der Waals surface area contributed by atoms with Crippen LogP contribution in [0.5, 0.6) is 0 Å². The maximum Gasteiger partial charge on any atom is 0.306 e. The number of ether oxygens (including phenoxy) is 1. The SMILES string of the molecule is CCOC(=O)CCc1csc(C2CN(C)CCN2C)n1. The van der Waals surface area contributed by atoms with E-state index in [0.29, 0.717) is 25.5 Å². The van der Waals surface area contributed by atoms with Gasteiger partial charge in [-0.25, -0.2) is 4.98 Å². The lowest BCUT2D eigenvalue weighted by Gasteiger charge is -2.36. The molecule has 5 nitrogen and oxygen atoms in total. The molecule has 6 heteroatoms. The lowest BCUT2D eigenvalue weighted by atomic mass is 10.2. The number of aryl methyl sites for hydroxylation is 1. The second kappa shape index (κ2) is 7.15. The molecule has 1 aromatic rings. The molecule has 1 saturated heterocycles. The van der Waals surface area contributed by atoms with Crippen LogP contribution >= 0.6 is 11.3 Å². The first kappa shape index (κ1) is 15.4. The summed E-state index contributed by atoms with van der Waals surface area (Å²) in [6, 6.07) is 0.370. The summed E-state index contributed by atoms with van der Waals surface area (Å²) in [6.45, 7) is 5.46. The fourth-order valence-corrected chi connectivity index (χ4v) is 3.34. The Morgan fingerprint density at radius 3 is 3.05 bits per heavy atom. The van der Waals surface area contributed by atoms with Crippen molar-refractivity contribution in [3.05, 3.63) is 16.1 Å². The van der Waals surface area contributed by atoms with Gasteiger partial charge in [0.25, 0.3) is 0 Å². The van der Waals surface area contributed by atoms with Crippen LogP contribution in [0.1, 0.15) is 30.1 Å². The third-order valence-corrected chi connectivity index (χ3v) is 4.59. The predicted octanol–water partition coefficient (Wildman–Crippen LogP) is 1.56. The lowest BCUT2D eigenvalue weighted by molar-refractivity contribution is -0.143. The Labute approximate surface area is 124 Å². The molecule has 0 aromatic carbocycles. The number of carbonyl (C=O) groups is 1. The van der Waals surface area contributed by atoms with E-state index >= 15 is 0 Å². The molecule has 1 unspecified atom stereocenters. The lowest BCUT2D eigenvalue weighted by Crippen LogP contribution is -2.44. The summed E-state index contributed by atoms with van der Waals surface area (Å²) >= 11 is 1.70. The summed E-state index contributed by atoms with van der Waals surface area (Å²) in [5.74, 6) is -0.142. The molecule has 2 heterocycles. The summed E-state index contributed by atoms with van der Waals surface area (Å²) in [5.41, 5.74) is 1.000. The second-order valence-corrected chi connectivity index (χ2v) is 6.13. The van der Waals surface area contributed by atoms with Crippen molar-refractivity contribution in [3.8, 4) is 0 Å². The number of hydrogen-bond acceptors (Lipinski definition) is 6. The number of piperazine rings is 1. The summed E-state index contributed by atoms with van der Waals surface area (Å²) in [7, 11) is 4.30. The molecule has 0 N–H and O–H groups in total. The van der Waals surface area contributed by atoms with E-state index in [1.165, 1.54) is 0 Å². The van der Waals surface area contributed by atoms with E-state index < -0.39 is 0 Å². The highest BCUT2D eigenvalue weighted by atomic mass is 32.1. The molecule has 1 atom stereocenters. The first-order chi connectivity index (χ1) is 9.60. The van der Waals surface area contributed by atoms with E-state index in [4.69, 9.17) is 9.72 Å². The summed E-state index contributed by atoms with van der Waals surface area (Å²) in [4.78, 5) is 20.7. The average Bonchev–Trinajstić information content (AvgIpc) is 2.88. The topological polar surface area (TPSA) is 45.7 Å². The van der Waals surface area contributed by atoms with E-state index in [0.717, 1.165) is 30.3 Å². The van der Waals surface area contributed by atoms with Crippen LogP contribution in [0.25, 0.3) is 0 Å². The van der Waals surface area contributed by atoms with Gasteiger partial charge in [-0.1, -0.05) is 0 Å². The second-order valence-electron chi connectivity index (χ2n) is 5.24. The van der Waals surface area contributed by atoms with Crippen LogP contribution in [0.4, 0.5) is 0 Å². The van der Waals surface area contributed by atoms with E-state index in [1.807, 2.05) is 6.92 Å². The van der Waals surface area contributed by atoms with Crippen molar-refractivity contribution in [2.24, 2.45) is 0 Å². The fourth-order valence-electron chi connectivity index (χ4n) is 2.33. The number of esters is 1. The zero-order chi connectivity index (χ0) is 14.5. The first-order valence-corrected chi connectivity index (χ1v) is 7.96. The van der Waals surface area contributed by atoms with Gasteiger partial charge in [0.2, 0.25) is 0 Å². The Morgan fingerprint density at radius 2 is 2.30 bits per heavy atom. The van der Waals surface area contributed by atoms with Gasteiger partial charge in [0, 0.05) is 31.4 Å². The molecule has 0 spiro atoms. The van der Waals surface area contributed by atoms with Crippen molar-refractivity contribution < 1.29 is 9.53 Å². The Bertz CT molecular complexity index is 449. The van der Waals surface area contributed by atoms with Crippen molar-refractivity contribution in [2.75, 3.05) is 40.3 Å². The van der Waals surface area contributed by atoms with Crippen molar-refractivity contribution in [1.82, 2.24) is 14.8 Å². The van der Waals surface area contributed by atoms with Crippen molar-refractivity contribution >= 4 is 17.3 Å². The van der Waals surface area contributed by atoms with Crippen LogP contribution in [0.15, 0.2) is 5.38 Å². The van der Waals surface area contributed by atoms with Gasteiger partial charge >= 0.3 is 5.97 Å². The minimum absolute atomic E-state index is 0.142. The minimum atomic E-state index is -0.142. The highest BCUT2D eigenvalue weighted by Gasteiger charge is 2.26. The van der Waals surface area contributed by atoms with Crippen molar-refractivity contribution in [3.63, 3.8) is 0 Å². The van der Waals surface area contributed by atoms with Crippen LogP contribution in [0.2, 0.25) is 0 Å². The Balaban J connectivity index is 1.92. The highest BCUT2D eigenvalue weighted by Crippen LogP contribution is 2.26. The maximum atomic E-state index is 11.4. The minimum Gasteiger partial charge on any atom is -0.466 e. The smallest absolute Gasteiger partial charge is 0.306 e. The monoisotopic (exact) mass is 297 g/mol. The van der Waals surface area contributed by atoms with Gasteiger partial charge in [-0.2, -0.15) is 0 Å². The Kier molecular flexibility index (Phi) is 5.51. The van der Waals surface area contributed by atoms with E-state index in [9.17, 15) is 4.79 Å². The Morgan fingerprint density at radius 1 is 1.50 bits per heavy atom. The van der Waals surface area contributed by atoms with Gasteiger partial charge in [-0.05, 0) is 21.0 Å². The molecular formula is C14H23N3O2S. The molecule has 1 fully saturated rings. The van der Waals surface area contributed by atoms with Gasteiger partial charge in [0.1, 0.15) is 5.01 Å². The third-order valence-electron chi connectivity index (χ3n) is 3.60. The zero-order valence-corrected chi connectivity index (χ0v) is 13.3. The standard InChI is InChI=1S/C14H23N3O2S/c1-4-19-13(18)6-5-11-10-20-14(15-11)12-9-16(2)7-8-17(12)3/h10,12H,4-9H2,1-3H3. The first-order valence-electron chi connectivity index (χ1n) is 7.09. The molecule has 1 aliphatic heterocycles. The number of aromatic nitrogens is 1. The van der Waals surface area contributed by atoms with E-state index in [1.54, 1.807) is 11.3 Å². The van der Waals surface area contributed by atoms with Crippen molar-refractivity contribution in [2.45, 2.75) is 25.8 Å². The molecule has 0 radical (unpaired) electrons. The molecule has 1 aliphatic rings. The van der Waals surface area contributed by atoms with E-state index in [2.05, 4.69) is 29.3 Å². The molecule has 20 heavy (non-hydrogen) atoms. The van der Waals surface area contributed by atoms with Crippen LogP contribution in [-0.2, 0) is 16.0 Å². The van der Waals surface area contributed by atoms with E-state index in [-0.39, 0.29) is 5.97 Å². The number of thiazole rings is 1. The molecule has 0 saturated carbocycles. The average molecular weight is 297 g/mol. The van der Waals surface area contributed by atoms with Gasteiger partial charge < -0.3 is 9.64 Å². The molecule has 0 aliphatic carbocycles. The fraction of sp³-hybridized carbons (Fsp3) is 0.714. The number of rotatable bonds is 5. The molecule has 1 aromatic heterocycles. The molecule has 2 rings (SSSR count). The molecule has 0 amide bonds. The molecule has 0 bridgehead atoms. The van der Waals surface area contributed by atoms with Crippen LogP contribution < -0.4 is 0 Å². The summed E-state index contributed by atoms with van der Waals surface area (Å²) < 4.78 is 4.94. The Hall–Kier alpha value is -0.980. The van der Waals surface area contributed by atoms with Gasteiger partial charge in [-0.3, -0.25) is 9.69 Å². The van der Waals surface area contributed by atoms with Crippen molar-refractivity contribution in [1.29, 1.82) is 0 Å². The van der Waals surface area contributed by atoms with Gasteiger partial charge in [0.05, 0.1) is 24.8 Å². The van der Waals surface area contributed by atoms with Crippen LogP contribution in [0, 0.1) is 0 Å². The maximum absolute atomic E-state index is 11.4. The van der Waals surface area contributed by atoms with Gasteiger partial charge in [0.15, 0.2) is 0 Å². The largest absolute Gasteiger partial charge is 0.466 e. The third kappa shape index (κ3) is 4.01. The summed E-state index contributed by atoms with van der Waals surface area (Å²) in [6.07, 6.45) is 1.08. The highest BCUT2D eigenvalue weighted by molar-refractivity contribution is 7.09. The predicted molar refractivity (Wildman–Crippen MR) is 79.9 cm³/mol. The number of hydrogen-bond donors (Lipinski definition) is 0. The van der Waals surface area contributed by atoms with Crippen LogP contribution in [-0.4, -0.2) is 61.1 Å². The normalized spacial score (nSPS) is 21.1. The number of likely N-dealkylation sites (N-methyl/N-ethyl adjacent to an activating group) is 2. The number of carbonyl (C=O) groups excluding carboxylic acids is 1. The van der Waals surface area contributed by atoms with Crippen LogP contribution in [0.3, 0.4) is 0 Å². The summed E-state index contributed by atoms with van der Waals surface area (Å²) in [5, 5.41) is 3.22. The quantitative estimate of drug-likeness (QED) is 0.772. The number of nitrogens with zero attached hydrogens (tertiary/aromatic N) is 3. The zero-order valence-electron chi connectivity index (χ0n) is 12.5. The van der Waals surface area contributed by atoms with Gasteiger partial charge in [-0.15, -0.1) is 11.3 Å². The molecular weight excluding hydrogens is 274 g/mol.